The molecule has 0 saturated heterocycles. The fraction of sp³-hybridized carbons (Fsp3) is 0.533. The number of rotatable bonds is 2. The van der Waals surface area contributed by atoms with Gasteiger partial charge in [-0.3, -0.25) is 4.68 Å². The minimum absolute atomic E-state index is 0.576. The van der Waals surface area contributed by atoms with Crippen LogP contribution in [-0.2, 0) is 7.05 Å². The van der Waals surface area contributed by atoms with Crippen LogP contribution in [0.3, 0.4) is 0 Å². The Balaban J connectivity index is 1.74. The zero-order valence-electron chi connectivity index (χ0n) is 11.5. The molecule has 2 fully saturated rings. The Morgan fingerprint density at radius 3 is 2.90 bits per heavy atom. The lowest BCUT2D eigenvalue weighted by Gasteiger charge is -2.21. The number of aromatic nitrogens is 4. The number of nitrogens with one attached hydrogen (secondary N) is 1. The Morgan fingerprint density at radius 1 is 1.35 bits per heavy atom. The molecule has 20 heavy (non-hydrogen) atoms. The quantitative estimate of drug-likeness (QED) is 0.860. The molecule has 2 aromatic rings. The summed E-state index contributed by atoms with van der Waals surface area (Å²) < 4.78 is 2.49. The molecule has 0 aliphatic heterocycles. The van der Waals surface area contributed by atoms with E-state index in [0.29, 0.717) is 10.6 Å². The van der Waals surface area contributed by atoms with Gasteiger partial charge >= 0.3 is 0 Å². The fourth-order valence-corrected chi connectivity index (χ4v) is 4.16. The van der Waals surface area contributed by atoms with Crippen LogP contribution in [-0.4, -0.2) is 19.7 Å². The van der Waals surface area contributed by atoms with Crippen molar-refractivity contribution in [2.24, 2.45) is 18.9 Å². The fourth-order valence-electron chi connectivity index (χ4n) is 3.95. The number of aromatic amines is 1. The normalized spacial score (nSPS) is 28.1. The molecule has 0 aromatic carbocycles. The molecule has 2 aliphatic carbocycles. The summed E-state index contributed by atoms with van der Waals surface area (Å²) in [6, 6.07) is 1.93. The van der Waals surface area contributed by atoms with Gasteiger partial charge in [-0.1, -0.05) is 18.6 Å². The topological polar surface area (TPSA) is 46.5 Å². The van der Waals surface area contributed by atoms with Gasteiger partial charge in [0, 0.05) is 24.7 Å². The van der Waals surface area contributed by atoms with E-state index in [9.17, 15) is 0 Å². The van der Waals surface area contributed by atoms with Crippen LogP contribution >= 0.6 is 12.2 Å². The first-order chi connectivity index (χ1) is 9.69. The van der Waals surface area contributed by atoms with Crippen molar-refractivity contribution in [2.75, 3.05) is 0 Å². The van der Waals surface area contributed by atoms with Gasteiger partial charge in [0.05, 0.1) is 11.9 Å². The van der Waals surface area contributed by atoms with E-state index in [2.05, 4.69) is 15.1 Å². The summed E-state index contributed by atoms with van der Waals surface area (Å²) in [5, 5.41) is 4.23. The Kier molecular flexibility index (Phi) is 2.77. The van der Waals surface area contributed by atoms with Crippen molar-refractivity contribution in [3.8, 4) is 11.3 Å². The molecule has 5 heteroatoms. The van der Waals surface area contributed by atoms with Gasteiger partial charge in [-0.2, -0.15) is 5.10 Å². The average molecular weight is 286 g/mol. The number of aryl methyl sites for hydroxylation is 1. The first kappa shape index (κ1) is 12.3. The molecule has 3 atom stereocenters. The lowest BCUT2D eigenvalue weighted by atomic mass is 9.88. The summed E-state index contributed by atoms with van der Waals surface area (Å²) in [5.74, 6) is 3.38. The molecule has 104 valence electrons. The maximum atomic E-state index is 5.36. The molecule has 1 N–H and O–H groups in total. The van der Waals surface area contributed by atoms with Crippen molar-refractivity contribution < 1.29 is 0 Å². The molecule has 2 heterocycles. The SMILES string of the molecule is Cn1cc(-c2cc(=S)nc(C3CC4CCC3C4)[nH]2)cn1. The maximum absolute atomic E-state index is 5.36. The molecular weight excluding hydrogens is 268 g/mol. The van der Waals surface area contributed by atoms with Gasteiger partial charge in [-0.15, -0.1) is 0 Å². The molecule has 0 amide bonds. The van der Waals surface area contributed by atoms with Crippen LogP contribution in [0.15, 0.2) is 18.5 Å². The summed E-state index contributed by atoms with van der Waals surface area (Å²) in [6.07, 6.45) is 9.29. The Labute approximate surface area is 123 Å². The number of fused-ring (bicyclic) bond motifs is 2. The summed E-state index contributed by atoms with van der Waals surface area (Å²) in [5.41, 5.74) is 2.11. The third kappa shape index (κ3) is 2.00. The first-order valence-corrected chi connectivity index (χ1v) is 7.70. The molecular formula is C15H18N4S. The van der Waals surface area contributed by atoms with E-state index in [-0.39, 0.29) is 0 Å². The van der Waals surface area contributed by atoms with Crippen LogP contribution in [0, 0.1) is 16.5 Å². The Hall–Kier alpha value is -1.49. The number of nitrogens with zero attached hydrogens (tertiary/aromatic N) is 3. The van der Waals surface area contributed by atoms with Crippen molar-refractivity contribution in [1.82, 2.24) is 19.7 Å². The highest BCUT2D eigenvalue weighted by Gasteiger charge is 2.41. The minimum Gasteiger partial charge on any atom is -0.343 e. The van der Waals surface area contributed by atoms with Crippen molar-refractivity contribution in [3.05, 3.63) is 28.9 Å². The van der Waals surface area contributed by atoms with E-state index < -0.39 is 0 Å². The van der Waals surface area contributed by atoms with Crippen LogP contribution < -0.4 is 0 Å². The Bertz CT molecular complexity index is 702. The van der Waals surface area contributed by atoms with E-state index in [1.165, 1.54) is 25.7 Å². The third-order valence-corrected chi connectivity index (χ3v) is 5.08. The second-order valence-electron chi connectivity index (χ2n) is 6.20. The highest BCUT2D eigenvalue weighted by atomic mass is 32.1. The van der Waals surface area contributed by atoms with E-state index in [1.54, 1.807) is 0 Å². The van der Waals surface area contributed by atoms with Crippen molar-refractivity contribution >= 4 is 12.2 Å². The predicted molar refractivity (Wildman–Crippen MR) is 79.8 cm³/mol. The second kappa shape index (κ2) is 4.52. The van der Waals surface area contributed by atoms with Crippen molar-refractivity contribution in [3.63, 3.8) is 0 Å². The van der Waals surface area contributed by atoms with E-state index >= 15 is 0 Å². The highest BCUT2D eigenvalue weighted by molar-refractivity contribution is 7.71. The zero-order chi connectivity index (χ0) is 13.7. The van der Waals surface area contributed by atoms with Crippen LogP contribution in [0.2, 0.25) is 0 Å². The smallest absolute Gasteiger partial charge is 0.130 e. The van der Waals surface area contributed by atoms with Gasteiger partial charge in [0.1, 0.15) is 10.5 Å². The molecule has 0 spiro atoms. The van der Waals surface area contributed by atoms with Gasteiger partial charge in [-0.05, 0) is 37.2 Å². The Morgan fingerprint density at radius 2 is 2.25 bits per heavy atom. The maximum Gasteiger partial charge on any atom is 0.130 e. The lowest BCUT2D eigenvalue weighted by molar-refractivity contribution is 0.405. The number of H-pyrrole nitrogens is 1. The minimum atomic E-state index is 0.576. The van der Waals surface area contributed by atoms with Gasteiger partial charge in [-0.25, -0.2) is 4.98 Å². The highest BCUT2D eigenvalue weighted by Crippen LogP contribution is 2.52. The average Bonchev–Trinajstić information content (AvgIpc) is 3.13. The summed E-state index contributed by atoms with van der Waals surface area (Å²) in [4.78, 5) is 8.11. The molecule has 2 aliphatic rings. The summed E-state index contributed by atoms with van der Waals surface area (Å²) in [6.45, 7) is 0. The number of hydrogen-bond acceptors (Lipinski definition) is 3. The second-order valence-corrected chi connectivity index (χ2v) is 6.62. The molecule has 2 saturated carbocycles. The number of hydrogen-bond donors (Lipinski definition) is 1. The zero-order valence-corrected chi connectivity index (χ0v) is 12.4. The first-order valence-electron chi connectivity index (χ1n) is 7.29. The predicted octanol–water partition coefficient (Wildman–Crippen LogP) is 3.44. The van der Waals surface area contributed by atoms with Crippen LogP contribution in [0.5, 0.6) is 0 Å². The van der Waals surface area contributed by atoms with E-state index in [0.717, 1.165) is 28.9 Å². The summed E-state index contributed by atoms with van der Waals surface area (Å²) >= 11 is 5.36. The van der Waals surface area contributed by atoms with Gasteiger partial charge in [0.25, 0.3) is 0 Å². The molecule has 2 aromatic heterocycles. The van der Waals surface area contributed by atoms with Gasteiger partial charge < -0.3 is 4.98 Å². The van der Waals surface area contributed by atoms with Gasteiger partial charge in [0.15, 0.2) is 0 Å². The monoisotopic (exact) mass is 286 g/mol. The summed E-state index contributed by atoms with van der Waals surface area (Å²) in [7, 11) is 1.93. The van der Waals surface area contributed by atoms with Gasteiger partial charge in [0.2, 0.25) is 0 Å². The van der Waals surface area contributed by atoms with Crippen molar-refractivity contribution in [1.29, 1.82) is 0 Å². The van der Waals surface area contributed by atoms with Crippen LogP contribution in [0.25, 0.3) is 11.3 Å². The molecule has 2 bridgehead atoms. The van der Waals surface area contributed by atoms with E-state index in [4.69, 9.17) is 12.2 Å². The van der Waals surface area contributed by atoms with Crippen molar-refractivity contribution in [2.45, 2.75) is 31.6 Å². The molecule has 3 unspecified atom stereocenters. The van der Waals surface area contributed by atoms with Crippen LogP contribution in [0.1, 0.15) is 37.4 Å². The molecule has 0 radical (unpaired) electrons. The molecule has 4 rings (SSSR count). The van der Waals surface area contributed by atoms with Crippen LogP contribution in [0.4, 0.5) is 0 Å². The largest absolute Gasteiger partial charge is 0.343 e. The third-order valence-electron chi connectivity index (χ3n) is 4.87. The standard InChI is InChI=1S/C15H18N4S/c1-19-8-11(7-16-19)13-6-14(20)18-15(17-13)12-5-9-2-3-10(12)4-9/h6-10,12H,2-5H2,1H3,(H,17,18,20). The lowest BCUT2D eigenvalue weighted by Crippen LogP contribution is -2.12. The molecule has 4 nitrogen and oxygen atoms in total. The van der Waals surface area contributed by atoms with E-state index in [1.807, 2.05) is 30.2 Å².